The van der Waals surface area contributed by atoms with Crippen molar-refractivity contribution in [2.24, 2.45) is 0 Å². The minimum atomic E-state index is -0.456. The first-order valence-electron chi connectivity index (χ1n) is 7.57. The largest absolute Gasteiger partial charge is 0.460 e. The molecule has 1 aromatic heterocycles. The van der Waals surface area contributed by atoms with Gasteiger partial charge in [0, 0.05) is 9.79 Å². The Morgan fingerprint density at radius 3 is 2.78 bits per heavy atom. The molecule has 0 saturated carbocycles. The number of fused-ring (bicyclic) bond motifs is 1. The summed E-state index contributed by atoms with van der Waals surface area (Å²) in [6.45, 7) is 2.45. The van der Waals surface area contributed by atoms with Crippen LogP contribution in [0.25, 0.3) is 10.9 Å². The van der Waals surface area contributed by atoms with Crippen LogP contribution in [0, 0.1) is 0 Å². The number of hydrogen-bond acceptors (Lipinski definition) is 5. The molecule has 4 nitrogen and oxygen atoms in total. The Morgan fingerprint density at radius 1 is 1.17 bits per heavy atom. The zero-order valence-corrected chi connectivity index (χ0v) is 13.6. The SMILES string of the molecule is CCCCOC(=O)c1onc2ccc(Sc3ccccc3)cc12. The molecule has 3 rings (SSSR count). The number of aromatic nitrogens is 1. The van der Waals surface area contributed by atoms with Crippen molar-refractivity contribution in [2.45, 2.75) is 29.6 Å². The maximum absolute atomic E-state index is 12.1. The van der Waals surface area contributed by atoms with E-state index < -0.39 is 5.97 Å². The number of carbonyl (C=O) groups is 1. The lowest BCUT2D eigenvalue weighted by Gasteiger charge is -2.02. The van der Waals surface area contributed by atoms with E-state index in [1.807, 2.05) is 55.5 Å². The highest BCUT2D eigenvalue weighted by Gasteiger charge is 2.18. The molecule has 23 heavy (non-hydrogen) atoms. The molecule has 0 amide bonds. The molecule has 0 aliphatic rings. The quantitative estimate of drug-likeness (QED) is 0.474. The fourth-order valence-corrected chi connectivity index (χ4v) is 3.01. The smallest absolute Gasteiger partial charge is 0.377 e. The molecule has 0 radical (unpaired) electrons. The third kappa shape index (κ3) is 3.74. The van der Waals surface area contributed by atoms with Crippen LogP contribution in [0.3, 0.4) is 0 Å². The number of nitrogens with zero attached hydrogens (tertiary/aromatic N) is 1. The molecule has 0 aliphatic carbocycles. The Balaban J connectivity index is 1.83. The monoisotopic (exact) mass is 327 g/mol. The first-order chi connectivity index (χ1) is 11.3. The summed E-state index contributed by atoms with van der Waals surface area (Å²) in [6.07, 6.45) is 1.81. The van der Waals surface area contributed by atoms with E-state index in [9.17, 15) is 4.79 Å². The van der Waals surface area contributed by atoms with Crippen molar-refractivity contribution in [3.8, 4) is 0 Å². The number of unbranched alkanes of at least 4 members (excludes halogenated alkanes) is 1. The molecule has 0 fully saturated rings. The van der Waals surface area contributed by atoms with E-state index in [0.29, 0.717) is 17.5 Å². The molecule has 0 spiro atoms. The molecule has 0 aliphatic heterocycles. The van der Waals surface area contributed by atoms with Crippen LogP contribution < -0.4 is 0 Å². The van der Waals surface area contributed by atoms with Crippen LogP contribution >= 0.6 is 11.8 Å². The average Bonchev–Trinajstić information content (AvgIpc) is 2.99. The van der Waals surface area contributed by atoms with Crippen molar-refractivity contribution in [1.82, 2.24) is 5.16 Å². The van der Waals surface area contributed by atoms with E-state index in [2.05, 4.69) is 5.16 Å². The summed E-state index contributed by atoms with van der Waals surface area (Å²) in [5.41, 5.74) is 0.657. The van der Waals surface area contributed by atoms with Gasteiger partial charge in [-0.25, -0.2) is 4.79 Å². The van der Waals surface area contributed by atoms with Crippen molar-refractivity contribution < 1.29 is 14.1 Å². The van der Waals surface area contributed by atoms with Gasteiger partial charge >= 0.3 is 5.97 Å². The fraction of sp³-hybridized carbons (Fsp3) is 0.222. The van der Waals surface area contributed by atoms with Gasteiger partial charge in [-0.05, 0) is 36.8 Å². The Morgan fingerprint density at radius 2 is 2.00 bits per heavy atom. The minimum Gasteiger partial charge on any atom is -0.460 e. The average molecular weight is 327 g/mol. The number of carbonyl (C=O) groups excluding carboxylic acids is 1. The summed E-state index contributed by atoms with van der Waals surface area (Å²) >= 11 is 1.63. The Kier molecular flexibility index (Phi) is 4.98. The van der Waals surface area contributed by atoms with Crippen LogP contribution in [-0.2, 0) is 4.74 Å². The normalized spacial score (nSPS) is 10.8. The number of rotatable bonds is 6. The predicted molar refractivity (Wildman–Crippen MR) is 89.8 cm³/mol. The number of ether oxygens (including phenoxy) is 1. The van der Waals surface area contributed by atoms with Crippen LogP contribution in [0.4, 0.5) is 0 Å². The van der Waals surface area contributed by atoms with Crippen LogP contribution in [0.5, 0.6) is 0 Å². The van der Waals surface area contributed by atoms with Crippen molar-refractivity contribution >= 4 is 28.6 Å². The summed E-state index contributed by atoms with van der Waals surface area (Å²) in [4.78, 5) is 14.3. The van der Waals surface area contributed by atoms with Crippen LogP contribution in [0.15, 0.2) is 62.8 Å². The van der Waals surface area contributed by atoms with Gasteiger partial charge in [-0.1, -0.05) is 48.5 Å². The summed E-state index contributed by atoms with van der Waals surface area (Å²) in [6, 6.07) is 15.8. The van der Waals surface area contributed by atoms with E-state index in [-0.39, 0.29) is 5.76 Å². The molecule has 0 saturated heterocycles. The number of benzene rings is 2. The highest BCUT2D eigenvalue weighted by molar-refractivity contribution is 7.99. The van der Waals surface area contributed by atoms with Crippen molar-refractivity contribution in [3.05, 3.63) is 54.3 Å². The zero-order chi connectivity index (χ0) is 16.1. The second kappa shape index (κ2) is 7.33. The van der Waals surface area contributed by atoms with Crippen LogP contribution in [0.2, 0.25) is 0 Å². The van der Waals surface area contributed by atoms with E-state index >= 15 is 0 Å². The second-order valence-corrected chi connectivity index (χ2v) is 6.24. The van der Waals surface area contributed by atoms with Gasteiger partial charge in [0.25, 0.3) is 5.76 Å². The molecule has 3 aromatic rings. The zero-order valence-electron chi connectivity index (χ0n) is 12.8. The van der Waals surface area contributed by atoms with Gasteiger partial charge in [-0.3, -0.25) is 0 Å². The minimum absolute atomic E-state index is 0.173. The van der Waals surface area contributed by atoms with Gasteiger partial charge in [0.05, 0.1) is 12.0 Å². The first kappa shape index (κ1) is 15.6. The van der Waals surface area contributed by atoms with E-state index in [0.717, 1.165) is 22.6 Å². The van der Waals surface area contributed by atoms with Gasteiger partial charge in [0.1, 0.15) is 5.52 Å². The maximum Gasteiger partial charge on any atom is 0.377 e. The van der Waals surface area contributed by atoms with E-state index in [1.165, 1.54) is 0 Å². The number of hydrogen-bond donors (Lipinski definition) is 0. The van der Waals surface area contributed by atoms with Crippen molar-refractivity contribution in [2.75, 3.05) is 6.61 Å². The molecule has 0 unspecified atom stereocenters. The summed E-state index contributed by atoms with van der Waals surface area (Å²) in [5, 5.41) is 4.62. The van der Waals surface area contributed by atoms with Crippen LogP contribution in [0.1, 0.15) is 30.3 Å². The van der Waals surface area contributed by atoms with Gasteiger partial charge in [-0.15, -0.1) is 0 Å². The Labute approximate surface area is 138 Å². The molecule has 0 bridgehead atoms. The molecule has 118 valence electrons. The van der Waals surface area contributed by atoms with Gasteiger partial charge in [0.2, 0.25) is 0 Å². The highest BCUT2D eigenvalue weighted by atomic mass is 32.2. The Hall–Kier alpha value is -2.27. The van der Waals surface area contributed by atoms with Gasteiger partial charge < -0.3 is 9.26 Å². The van der Waals surface area contributed by atoms with E-state index in [1.54, 1.807) is 11.8 Å². The molecule has 2 aromatic carbocycles. The standard InChI is InChI=1S/C18H17NO3S/c1-2-3-11-21-18(20)17-15-12-14(9-10-16(15)19-22-17)23-13-7-5-4-6-8-13/h4-10,12H,2-3,11H2,1H3. The number of esters is 1. The second-order valence-electron chi connectivity index (χ2n) is 5.10. The molecule has 1 heterocycles. The van der Waals surface area contributed by atoms with Crippen LogP contribution in [-0.4, -0.2) is 17.7 Å². The van der Waals surface area contributed by atoms with Crippen molar-refractivity contribution in [1.29, 1.82) is 0 Å². The lowest BCUT2D eigenvalue weighted by Crippen LogP contribution is -2.05. The lowest BCUT2D eigenvalue weighted by atomic mass is 10.2. The van der Waals surface area contributed by atoms with E-state index in [4.69, 9.17) is 9.26 Å². The maximum atomic E-state index is 12.1. The lowest BCUT2D eigenvalue weighted by molar-refractivity contribution is 0.0456. The summed E-state index contributed by atoms with van der Waals surface area (Å²) in [7, 11) is 0. The fourth-order valence-electron chi connectivity index (χ4n) is 2.13. The highest BCUT2D eigenvalue weighted by Crippen LogP contribution is 2.31. The molecular weight excluding hydrogens is 310 g/mol. The molecule has 5 heteroatoms. The third-order valence-electron chi connectivity index (χ3n) is 3.34. The van der Waals surface area contributed by atoms with Gasteiger partial charge in [-0.2, -0.15) is 0 Å². The summed E-state index contributed by atoms with van der Waals surface area (Å²) in [5.74, 6) is -0.283. The van der Waals surface area contributed by atoms with Gasteiger partial charge in [0.15, 0.2) is 0 Å². The van der Waals surface area contributed by atoms with Crippen molar-refractivity contribution in [3.63, 3.8) is 0 Å². The molecule has 0 atom stereocenters. The molecular formula is C18H17NO3S. The summed E-state index contributed by atoms with van der Waals surface area (Å²) < 4.78 is 10.4. The third-order valence-corrected chi connectivity index (χ3v) is 4.34. The topological polar surface area (TPSA) is 52.3 Å². The molecule has 0 N–H and O–H groups in total. The Bertz CT molecular complexity index is 798. The first-order valence-corrected chi connectivity index (χ1v) is 8.39. The predicted octanol–water partition coefficient (Wildman–Crippen LogP) is 4.94.